The molecule has 0 fully saturated rings. The van der Waals surface area contributed by atoms with Gasteiger partial charge in [0.15, 0.2) is 0 Å². The Labute approximate surface area is 151 Å². The van der Waals surface area contributed by atoms with Gasteiger partial charge in [0, 0.05) is 22.5 Å². The van der Waals surface area contributed by atoms with Crippen LogP contribution < -0.4 is 0 Å². The molecule has 1 aromatic carbocycles. The summed E-state index contributed by atoms with van der Waals surface area (Å²) < 4.78 is 1.71. The Morgan fingerprint density at radius 1 is 1.16 bits per heavy atom. The molecule has 0 bridgehead atoms. The number of carbonyl (C=O) groups excluding carboxylic acids is 1. The molecule has 1 aliphatic rings. The quantitative estimate of drug-likeness (QED) is 0.686. The van der Waals surface area contributed by atoms with E-state index in [1.165, 1.54) is 5.56 Å². The lowest BCUT2D eigenvalue weighted by atomic mass is 9.75. The molecule has 0 unspecified atom stereocenters. The molecule has 2 aromatic rings. The predicted molar refractivity (Wildman–Crippen MR) is 103 cm³/mol. The molecule has 0 radical (unpaired) electrons. The van der Waals surface area contributed by atoms with Crippen LogP contribution >= 0.6 is 0 Å². The molecule has 0 saturated carbocycles. The van der Waals surface area contributed by atoms with Crippen molar-refractivity contribution in [3.63, 3.8) is 0 Å². The smallest absolute Gasteiger partial charge is 0.252 e. The van der Waals surface area contributed by atoms with E-state index in [-0.39, 0.29) is 5.91 Å². The van der Waals surface area contributed by atoms with Gasteiger partial charge in [-0.2, -0.15) is 9.78 Å². The average molecular weight is 338 g/mol. The fourth-order valence-electron chi connectivity index (χ4n) is 3.90. The average Bonchev–Trinajstić information content (AvgIpc) is 2.95. The van der Waals surface area contributed by atoms with E-state index in [0.717, 1.165) is 29.8 Å². The third kappa shape index (κ3) is 3.17. The van der Waals surface area contributed by atoms with E-state index < -0.39 is 5.41 Å². The summed E-state index contributed by atoms with van der Waals surface area (Å²) in [5, 5.41) is 4.91. The molecular formula is C22H30N2O. The van der Waals surface area contributed by atoms with Crippen molar-refractivity contribution in [1.29, 1.82) is 0 Å². The van der Waals surface area contributed by atoms with Crippen molar-refractivity contribution >= 4 is 5.91 Å². The predicted octanol–water partition coefficient (Wildman–Crippen LogP) is 5.87. The van der Waals surface area contributed by atoms with Gasteiger partial charge >= 0.3 is 0 Å². The van der Waals surface area contributed by atoms with Crippen LogP contribution in [0.1, 0.15) is 82.3 Å². The molecule has 0 amide bonds. The van der Waals surface area contributed by atoms with E-state index in [1.807, 2.05) is 39.0 Å². The van der Waals surface area contributed by atoms with Crippen LogP contribution in [0.15, 0.2) is 30.3 Å². The Bertz CT molecular complexity index is 765. The molecule has 1 aliphatic carbocycles. The number of rotatable bonds is 2. The van der Waals surface area contributed by atoms with Crippen LogP contribution in [0.4, 0.5) is 0 Å². The van der Waals surface area contributed by atoms with Gasteiger partial charge in [0.2, 0.25) is 0 Å². The van der Waals surface area contributed by atoms with Gasteiger partial charge in [0.05, 0.1) is 11.4 Å². The molecule has 3 heteroatoms. The number of hydrogen-bond donors (Lipinski definition) is 0. The zero-order chi connectivity index (χ0) is 18.4. The number of fused-ring (bicyclic) bond motifs is 1. The minimum Gasteiger partial charge on any atom is -0.272 e. The highest BCUT2D eigenvalue weighted by molar-refractivity contribution is 5.88. The topological polar surface area (TPSA) is 34.9 Å². The largest absolute Gasteiger partial charge is 0.272 e. The van der Waals surface area contributed by atoms with E-state index in [2.05, 4.69) is 32.9 Å². The SMILES string of the molecule is CC(C)[C@@H]1CC[C@@H](C)c2c1nn(C(=O)C(C)(C)C)c2-c1ccccc1. The lowest BCUT2D eigenvalue weighted by molar-refractivity contribution is 0.0750. The van der Waals surface area contributed by atoms with Crippen molar-refractivity contribution in [2.45, 2.75) is 66.2 Å². The Morgan fingerprint density at radius 3 is 2.36 bits per heavy atom. The molecular weight excluding hydrogens is 308 g/mol. The Balaban J connectivity index is 2.29. The van der Waals surface area contributed by atoms with Crippen LogP contribution in [-0.4, -0.2) is 15.7 Å². The molecule has 0 spiro atoms. The van der Waals surface area contributed by atoms with Crippen LogP contribution in [0.25, 0.3) is 11.3 Å². The Hall–Kier alpha value is -1.90. The molecule has 0 N–H and O–H groups in total. The number of nitrogens with zero attached hydrogens (tertiary/aromatic N) is 2. The summed E-state index contributed by atoms with van der Waals surface area (Å²) in [6.07, 6.45) is 2.31. The summed E-state index contributed by atoms with van der Waals surface area (Å²) in [4.78, 5) is 13.2. The second kappa shape index (κ2) is 6.44. The molecule has 0 aliphatic heterocycles. The molecule has 3 nitrogen and oxygen atoms in total. The highest BCUT2D eigenvalue weighted by atomic mass is 16.2. The Morgan fingerprint density at radius 2 is 1.80 bits per heavy atom. The third-order valence-corrected chi connectivity index (χ3v) is 5.39. The summed E-state index contributed by atoms with van der Waals surface area (Å²) in [7, 11) is 0. The van der Waals surface area contributed by atoms with Crippen molar-refractivity contribution in [2.24, 2.45) is 11.3 Å². The number of hydrogen-bond acceptors (Lipinski definition) is 2. The molecule has 1 aromatic heterocycles. The van der Waals surface area contributed by atoms with Crippen molar-refractivity contribution in [1.82, 2.24) is 9.78 Å². The first-order valence-corrected chi connectivity index (χ1v) is 9.44. The fraction of sp³-hybridized carbons (Fsp3) is 0.545. The van der Waals surface area contributed by atoms with Crippen molar-refractivity contribution in [3.8, 4) is 11.3 Å². The van der Waals surface area contributed by atoms with Gasteiger partial charge in [-0.1, -0.05) is 71.9 Å². The first-order chi connectivity index (χ1) is 11.7. The summed E-state index contributed by atoms with van der Waals surface area (Å²) in [5.74, 6) is 1.46. The monoisotopic (exact) mass is 338 g/mol. The van der Waals surface area contributed by atoms with E-state index in [9.17, 15) is 4.79 Å². The lowest BCUT2D eigenvalue weighted by Crippen LogP contribution is -2.28. The van der Waals surface area contributed by atoms with Gasteiger partial charge in [-0.3, -0.25) is 4.79 Å². The molecule has 25 heavy (non-hydrogen) atoms. The van der Waals surface area contributed by atoms with Crippen LogP contribution in [0.3, 0.4) is 0 Å². The molecule has 1 heterocycles. The first-order valence-electron chi connectivity index (χ1n) is 9.44. The lowest BCUT2D eigenvalue weighted by Gasteiger charge is -2.28. The van der Waals surface area contributed by atoms with Crippen LogP contribution in [0, 0.1) is 11.3 Å². The maximum atomic E-state index is 13.2. The third-order valence-electron chi connectivity index (χ3n) is 5.39. The fourth-order valence-corrected chi connectivity index (χ4v) is 3.90. The van der Waals surface area contributed by atoms with E-state index in [4.69, 9.17) is 5.10 Å². The molecule has 134 valence electrons. The van der Waals surface area contributed by atoms with Gasteiger partial charge in [0.1, 0.15) is 0 Å². The van der Waals surface area contributed by atoms with E-state index >= 15 is 0 Å². The molecule has 2 atom stereocenters. The van der Waals surface area contributed by atoms with Crippen molar-refractivity contribution < 1.29 is 4.79 Å². The molecule has 0 saturated heterocycles. The van der Waals surface area contributed by atoms with Crippen molar-refractivity contribution in [3.05, 3.63) is 41.6 Å². The molecule has 3 rings (SSSR count). The summed E-state index contributed by atoms with van der Waals surface area (Å²) in [6, 6.07) is 10.3. The standard InChI is InChI=1S/C22H30N2O/c1-14(2)17-13-12-15(3)18-19(17)23-24(21(25)22(4,5)6)20(18)16-10-8-7-9-11-16/h7-11,14-15,17H,12-13H2,1-6H3/t15-,17+/m1/s1. The second-order valence-electron chi connectivity index (χ2n) is 8.81. The number of benzene rings is 1. The normalized spacial score (nSPS) is 20.6. The van der Waals surface area contributed by atoms with Crippen LogP contribution in [0.2, 0.25) is 0 Å². The summed E-state index contributed by atoms with van der Waals surface area (Å²) >= 11 is 0. The zero-order valence-electron chi connectivity index (χ0n) is 16.3. The van der Waals surface area contributed by atoms with E-state index in [1.54, 1.807) is 4.68 Å². The van der Waals surface area contributed by atoms with Gasteiger partial charge in [-0.15, -0.1) is 0 Å². The summed E-state index contributed by atoms with van der Waals surface area (Å²) in [5.41, 5.74) is 4.06. The van der Waals surface area contributed by atoms with E-state index in [0.29, 0.717) is 17.8 Å². The maximum Gasteiger partial charge on any atom is 0.252 e. The second-order valence-corrected chi connectivity index (χ2v) is 8.81. The van der Waals surface area contributed by atoms with Crippen molar-refractivity contribution in [2.75, 3.05) is 0 Å². The zero-order valence-corrected chi connectivity index (χ0v) is 16.3. The van der Waals surface area contributed by atoms with Gasteiger partial charge in [0.25, 0.3) is 5.91 Å². The number of carbonyl (C=O) groups is 1. The highest BCUT2D eigenvalue weighted by Crippen LogP contribution is 2.46. The van der Waals surface area contributed by atoms with Crippen LogP contribution in [-0.2, 0) is 0 Å². The minimum atomic E-state index is -0.464. The van der Waals surface area contributed by atoms with Crippen LogP contribution in [0.5, 0.6) is 0 Å². The van der Waals surface area contributed by atoms with Gasteiger partial charge < -0.3 is 0 Å². The number of aromatic nitrogens is 2. The van der Waals surface area contributed by atoms with Gasteiger partial charge in [-0.05, 0) is 24.7 Å². The summed E-state index contributed by atoms with van der Waals surface area (Å²) in [6.45, 7) is 12.7. The maximum absolute atomic E-state index is 13.2. The Kier molecular flexibility index (Phi) is 4.61. The minimum absolute atomic E-state index is 0.0652. The van der Waals surface area contributed by atoms with Gasteiger partial charge in [-0.25, -0.2) is 0 Å². The first kappa shape index (κ1) is 17.9. The highest BCUT2D eigenvalue weighted by Gasteiger charge is 2.37.